The molecule has 0 saturated carbocycles. The first kappa shape index (κ1) is 17.2. The summed E-state index contributed by atoms with van der Waals surface area (Å²) in [6, 6.07) is 10.1. The molecule has 1 N–H and O–H groups in total. The Hall–Kier alpha value is -3.25. The Balaban J connectivity index is 1.91. The fourth-order valence-corrected chi connectivity index (χ4v) is 3.14. The fourth-order valence-electron chi connectivity index (χ4n) is 2.96. The summed E-state index contributed by atoms with van der Waals surface area (Å²) in [6.45, 7) is 1.36. The lowest BCUT2D eigenvalue weighted by Gasteiger charge is -2.03. The number of furan rings is 2. The smallest absolute Gasteiger partial charge is 0.234 e. The number of halogens is 1. The third kappa shape index (κ3) is 2.94. The summed E-state index contributed by atoms with van der Waals surface area (Å²) in [5.74, 6) is -0.145. The minimum atomic E-state index is -0.418. The third-order valence-electron chi connectivity index (χ3n) is 4.18. The Bertz CT molecular complexity index is 1200. The Labute approximate surface area is 158 Å². The topological polar surface area (TPSA) is 81.7 Å². The van der Waals surface area contributed by atoms with Crippen LogP contribution in [0.4, 0.5) is 5.69 Å². The number of nitrogens with one attached hydrogen (secondary N) is 1. The van der Waals surface area contributed by atoms with E-state index >= 15 is 0 Å². The van der Waals surface area contributed by atoms with E-state index in [2.05, 4.69) is 5.32 Å². The monoisotopic (exact) mass is 383 g/mol. The van der Waals surface area contributed by atoms with Crippen molar-refractivity contribution in [2.24, 2.45) is 0 Å². The van der Waals surface area contributed by atoms with Gasteiger partial charge in [-0.05, 0) is 36.4 Å². The molecule has 136 valence electrons. The Morgan fingerprint density at radius 1 is 1.07 bits per heavy atom. The van der Waals surface area contributed by atoms with Crippen LogP contribution in [0, 0.1) is 0 Å². The van der Waals surface area contributed by atoms with E-state index in [4.69, 9.17) is 25.2 Å². The van der Waals surface area contributed by atoms with Gasteiger partial charge < -0.3 is 18.9 Å². The van der Waals surface area contributed by atoms with Gasteiger partial charge in [0.25, 0.3) is 0 Å². The number of amides is 1. The maximum atomic E-state index is 13.2. The standard InChI is InChI=1S/C20H14ClNO5/c1-10(23)22-18-14-7-11(21)3-5-17(14)27-20(18)19(24)15-9-26-16-6-4-12(25-2)8-13(15)16/h3-9H,1-2H3,(H,22,23). The molecule has 4 rings (SSSR count). The number of fused-ring (bicyclic) bond motifs is 2. The predicted molar refractivity (Wildman–Crippen MR) is 102 cm³/mol. The fraction of sp³-hybridized carbons (Fsp3) is 0.100. The Morgan fingerprint density at radius 3 is 2.59 bits per heavy atom. The van der Waals surface area contributed by atoms with Crippen LogP contribution in [0.2, 0.25) is 5.02 Å². The molecule has 0 spiro atoms. The quantitative estimate of drug-likeness (QED) is 0.500. The molecular formula is C20H14ClNO5. The van der Waals surface area contributed by atoms with Gasteiger partial charge in [-0.3, -0.25) is 9.59 Å². The summed E-state index contributed by atoms with van der Waals surface area (Å²) in [5, 5.41) is 4.27. The van der Waals surface area contributed by atoms with Crippen molar-refractivity contribution in [2.75, 3.05) is 12.4 Å². The largest absolute Gasteiger partial charge is 0.497 e. The first-order chi connectivity index (χ1) is 13.0. The van der Waals surface area contributed by atoms with Crippen molar-refractivity contribution < 1.29 is 23.2 Å². The molecule has 0 unspecified atom stereocenters. The van der Waals surface area contributed by atoms with E-state index in [1.165, 1.54) is 13.2 Å². The molecule has 0 radical (unpaired) electrons. The first-order valence-electron chi connectivity index (χ1n) is 8.07. The van der Waals surface area contributed by atoms with Crippen LogP contribution in [0.1, 0.15) is 23.0 Å². The van der Waals surface area contributed by atoms with Crippen molar-refractivity contribution in [3.05, 3.63) is 59.0 Å². The average molecular weight is 384 g/mol. The van der Waals surface area contributed by atoms with Crippen molar-refractivity contribution in [1.82, 2.24) is 0 Å². The second kappa shape index (κ2) is 6.48. The number of anilines is 1. The summed E-state index contributed by atoms with van der Waals surface area (Å²) < 4.78 is 16.5. The van der Waals surface area contributed by atoms with Crippen molar-refractivity contribution >= 4 is 50.9 Å². The SMILES string of the molecule is COc1ccc2occ(C(=O)c3oc4ccc(Cl)cc4c3NC(C)=O)c2c1. The molecule has 0 bridgehead atoms. The Morgan fingerprint density at radius 2 is 1.85 bits per heavy atom. The molecule has 2 aromatic heterocycles. The number of carbonyl (C=O) groups is 2. The summed E-state index contributed by atoms with van der Waals surface area (Å²) >= 11 is 6.06. The number of rotatable bonds is 4. The van der Waals surface area contributed by atoms with E-state index in [1.54, 1.807) is 43.5 Å². The first-order valence-corrected chi connectivity index (χ1v) is 8.45. The second-order valence-electron chi connectivity index (χ2n) is 5.97. The molecule has 0 aliphatic rings. The van der Waals surface area contributed by atoms with E-state index < -0.39 is 5.78 Å². The average Bonchev–Trinajstić information content (AvgIpc) is 3.22. The van der Waals surface area contributed by atoms with E-state index in [-0.39, 0.29) is 17.4 Å². The van der Waals surface area contributed by atoms with E-state index in [1.807, 2.05) is 0 Å². The van der Waals surface area contributed by atoms with Crippen molar-refractivity contribution in [1.29, 1.82) is 0 Å². The van der Waals surface area contributed by atoms with Crippen molar-refractivity contribution in [3.63, 3.8) is 0 Å². The van der Waals surface area contributed by atoms with Crippen LogP contribution in [-0.2, 0) is 4.79 Å². The van der Waals surface area contributed by atoms with E-state index in [9.17, 15) is 9.59 Å². The van der Waals surface area contributed by atoms with E-state index in [0.29, 0.717) is 38.3 Å². The molecule has 6 nitrogen and oxygen atoms in total. The Kier molecular flexibility index (Phi) is 4.12. The van der Waals surface area contributed by atoms with Crippen molar-refractivity contribution in [3.8, 4) is 5.75 Å². The highest BCUT2D eigenvalue weighted by atomic mass is 35.5. The van der Waals surface area contributed by atoms with Crippen LogP contribution in [0.15, 0.2) is 51.5 Å². The second-order valence-corrected chi connectivity index (χ2v) is 6.40. The van der Waals surface area contributed by atoms with Crippen LogP contribution < -0.4 is 10.1 Å². The summed E-state index contributed by atoms with van der Waals surface area (Å²) in [6.07, 6.45) is 1.37. The summed E-state index contributed by atoms with van der Waals surface area (Å²) in [5.41, 5.74) is 1.57. The zero-order valence-electron chi connectivity index (χ0n) is 14.5. The maximum absolute atomic E-state index is 13.2. The molecule has 2 aromatic carbocycles. The lowest BCUT2D eigenvalue weighted by molar-refractivity contribution is -0.114. The maximum Gasteiger partial charge on any atom is 0.234 e. The van der Waals surface area contributed by atoms with Crippen LogP contribution in [0.3, 0.4) is 0 Å². The lowest BCUT2D eigenvalue weighted by Crippen LogP contribution is -2.10. The molecule has 0 atom stereocenters. The van der Waals surface area contributed by atoms with Gasteiger partial charge in [0.1, 0.15) is 23.2 Å². The molecule has 0 aliphatic carbocycles. The van der Waals surface area contributed by atoms with Crippen LogP contribution >= 0.6 is 11.6 Å². The minimum absolute atomic E-state index is 0.00739. The van der Waals surface area contributed by atoms with Gasteiger partial charge in [-0.2, -0.15) is 0 Å². The van der Waals surface area contributed by atoms with Gasteiger partial charge >= 0.3 is 0 Å². The molecule has 0 fully saturated rings. The van der Waals surface area contributed by atoms with Gasteiger partial charge in [0.05, 0.1) is 18.4 Å². The highest BCUT2D eigenvalue weighted by Gasteiger charge is 2.26. The molecule has 2 heterocycles. The predicted octanol–water partition coefficient (Wildman–Crippen LogP) is 5.03. The third-order valence-corrected chi connectivity index (χ3v) is 4.42. The minimum Gasteiger partial charge on any atom is -0.497 e. The molecule has 27 heavy (non-hydrogen) atoms. The molecule has 7 heteroatoms. The number of hydrogen-bond donors (Lipinski definition) is 1. The molecular weight excluding hydrogens is 370 g/mol. The normalized spacial score (nSPS) is 11.1. The van der Waals surface area contributed by atoms with Gasteiger partial charge in [0, 0.05) is 22.7 Å². The van der Waals surface area contributed by atoms with Crippen molar-refractivity contribution in [2.45, 2.75) is 6.92 Å². The summed E-state index contributed by atoms with van der Waals surface area (Å²) in [7, 11) is 1.54. The number of ketones is 1. The van der Waals surface area contributed by atoms with Crippen LogP contribution in [0.5, 0.6) is 5.75 Å². The summed E-state index contributed by atoms with van der Waals surface area (Å²) in [4.78, 5) is 24.9. The van der Waals surface area contributed by atoms with Gasteiger partial charge in [-0.25, -0.2) is 0 Å². The van der Waals surface area contributed by atoms with Gasteiger partial charge in [-0.15, -0.1) is 0 Å². The molecule has 0 saturated heterocycles. The number of hydrogen-bond acceptors (Lipinski definition) is 5. The molecule has 4 aromatic rings. The lowest BCUT2D eigenvalue weighted by atomic mass is 10.1. The van der Waals surface area contributed by atoms with Crippen LogP contribution in [0.25, 0.3) is 21.9 Å². The molecule has 1 amide bonds. The van der Waals surface area contributed by atoms with Crippen LogP contribution in [-0.4, -0.2) is 18.8 Å². The van der Waals surface area contributed by atoms with Gasteiger partial charge in [-0.1, -0.05) is 11.6 Å². The number of ether oxygens (including phenoxy) is 1. The van der Waals surface area contributed by atoms with Gasteiger partial charge in [0.15, 0.2) is 5.76 Å². The van der Waals surface area contributed by atoms with Gasteiger partial charge in [0.2, 0.25) is 11.7 Å². The zero-order valence-corrected chi connectivity index (χ0v) is 15.2. The van der Waals surface area contributed by atoms with E-state index in [0.717, 1.165) is 0 Å². The number of methoxy groups -OCH3 is 1. The highest BCUT2D eigenvalue weighted by molar-refractivity contribution is 6.31. The zero-order chi connectivity index (χ0) is 19.1. The number of benzene rings is 2. The highest BCUT2D eigenvalue weighted by Crippen LogP contribution is 2.36. The number of carbonyl (C=O) groups excluding carboxylic acids is 2. The molecule has 0 aliphatic heterocycles.